The molecule has 1 N–H and O–H groups in total. The topological polar surface area (TPSA) is 57.6 Å². The van der Waals surface area contributed by atoms with Crippen LogP contribution in [-0.2, 0) is 9.59 Å². The zero-order valence-electron chi connectivity index (χ0n) is 10.6. The van der Waals surface area contributed by atoms with Crippen molar-refractivity contribution in [2.45, 2.75) is 19.8 Å². The summed E-state index contributed by atoms with van der Waals surface area (Å²) in [4.78, 5) is 24.3. The van der Waals surface area contributed by atoms with Crippen LogP contribution in [0.15, 0.2) is 24.3 Å². The number of likely N-dealkylation sites (tertiary alicyclic amines) is 1. The van der Waals surface area contributed by atoms with Gasteiger partial charge >= 0.3 is 5.97 Å². The SMILES string of the molecule is CC(=O)N1C[C@H](C(=O)O)[C@@H](c2ccc(C)cc2)C1. The van der Waals surface area contributed by atoms with Crippen LogP contribution >= 0.6 is 0 Å². The van der Waals surface area contributed by atoms with Crippen molar-refractivity contribution in [2.24, 2.45) is 5.92 Å². The molecule has 1 heterocycles. The monoisotopic (exact) mass is 247 g/mol. The number of nitrogens with zero attached hydrogens (tertiary/aromatic N) is 1. The van der Waals surface area contributed by atoms with Gasteiger partial charge in [-0.2, -0.15) is 0 Å². The minimum Gasteiger partial charge on any atom is -0.481 e. The fourth-order valence-electron chi connectivity index (χ4n) is 2.46. The van der Waals surface area contributed by atoms with Crippen LogP contribution in [0.1, 0.15) is 24.0 Å². The summed E-state index contributed by atoms with van der Waals surface area (Å²) >= 11 is 0. The summed E-state index contributed by atoms with van der Waals surface area (Å²) in [5, 5.41) is 9.26. The zero-order valence-corrected chi connectivity index (χ0v) is 10.6. The van der Waals surface area contributed by atoms with Gasteiger partial charge in [-0.15, -0.1) is 0 Å². The van der Waals surface area contributed by atoms with Gasteiger partial charge in [-0.25, -0.2) is 0 Å². The van der Waals surface area contributed by atoms with E-state index in [9.17, 15) is 14.7 Å². The molecule has 1 saturated heterocycles. The molecular formula is C14H17NO3. The van der Waals surface area contributed by atoms with E-state index in [1.807, 2.05) is 31.2 Å². The van der Waals surface area contributed by atoms with Crippen molar-refractivity contribution in [1.82, 2.24) is 4.90 Å². The van der Waals surface area contributed by atoms with E-state index in [2.05, 4.69) is 0 Å². The first-order valence-electron chi connectivity index (χ1n) is 6.04. The highest BCUT2D eigenvalue weighted by atomic mass is 16.4. The quantitative estimate of drug-likeness (QED) is 0.864. The molecule has 1 amide bonds. The minimum absolute atomic E-state index is 0.0594. The van der Waals surface area contributed by atoms with Crippen LogP contribution < -0.4 is 0 Å². The normalized spacial score (nSPS) is 23.1. The van der Waals surface area contributed by atoms with E-state index in [0.717, 1.165) is 11.1 Å². The molecule has 1 aromatic carbocycles. The molecule has 0 bridgehead atoms. The first kappa shape index (κ1) is 12.6. The van der Waals surface area contributed by atoms with Gasteiger partial charge in [0.15, 0.2) is 0 Å². The molecule has 0 unspecified atom stereocenters. The summed E-state index contributed by atoms with van der Waals surface area (Å²) in [5.74, 6) is -1.50. The fourth-order valence-corrected chi connectivity index (χ4v) is 2.46. The third-order valence-electron chi connectivity index (χ3n) is 3.59. The highest BCUT2D eigenvalue weighted by Gasteiger charge is 2.39. The lowest BCUT2D eigenvalue weighted by atomic mass is 9.89. The first-order chi connectivity index (χ1) is 8.49. The summed E-state index contributed by atoms with van der Waals surface area (Å²) in [6.45, 7) is 4.28. The molecule has 1 aliphatic rings. The van der Waals surface area contributed by atoms with Gasteiger partial charge in [-0.1, -0.05) is 29.8 Å². The average Bonchev–Trinajstić information content (AvgIpc) is 2.75. The summed E-state index contributed by atoms with van der Waals surface area (Å²) in [6, 6.07) is 7.87. The molecule has 4 heteroatoms. The van der Waals surface area contributed by atoms with Crippen LogP contribution in [-0.4, -0.2) is 35.0 Å². The lowest BCUT2D eigenvalue weighted by Gasteiger charge is -2.15. The number of aliphatic carboxylic acids is 1. The number of amides is 1. The molecule has 1 aliphatic heterocycles. The van der Waals surface area contributed by atoms with Gasteiger partial charge in [0.1, 0.15) is 0 Å². The zero-order chi connectivity index (χ0) is 13.3. The van der Waals surface area contributed by atoms with Crippen LogP contribution in [0.4, 0.5) is 0 Å². The number of hydrogen-bond donors (Lipinski definition) is 1. The van der Waals surface area contributed by atoms with Crippen molar-refractivity contribution in [1.29, 1.82) is 0 Å². The minimum atomic E-state index is -0.829. The number of carboxylic acids is 1. The Morgan fingerprint density at radius 3 is 2.33 bits per heavy atom. The maximum atomic E-state index is 11.4. The van der Waals surface area contributed by atoms with Gasteiger partial charge in [0.2, 0.25) is 5.91 Å². The van der Waals surface area contributed by atoms with Crippen molar-refractivity contribution in [3.05, 3.63) is 35.4 Å². The molecule has 0 aromatic heterocycles. The number of hydrogen-bond acceptors (Lipinski definition) is 2. The summed E-state index contributed by atoms with van der Waals surface area (Å²) in [5.41, 5.74) is 2.14. The molecule has 18 heavy (non-hydrogen) atoms. The highest BCUT2D eigenvalue weighted by Crippen LogP contribution is 2.33. The predicted molar refractivity (Wildman–Crippen MR) is 67.3 cm³/mol. The van der Waals surface area contributed by atoms with Gasteiger partial charge in [-0.05, 0) is 12.5 Å². The van der Waals surface area contributed by atoms with E-state index in [-0.39, 0.29) is 11.8 Å². The van der Waals surface area contributed by atoms with E-state index >= 15 is 0 Å². The van der Waals surface area contributed by atoms with Gasteiger partial charge < -0.3 is 10.0 Å². The van der Waals surface area contributed by atoms with Gasteiger partial charge in [0.05, 0.1) is 5.92 Å². The molecule has 2 atom stereocenters. The van der Waals surface area contributed by atoms with Crippen molar-refractivity contribution < 1.29 is 14.7 Å². The van der Waals surface area contributed by atoms with Crippen LogP contribution in [0.3, 0.4) is 0 Å². The lowest BCUT2D eigenvalue weighted by molar-refractivity contribution is -0.141. The molecule has 0 radical (unpaired) electrons. The maximum absolute atomic E-state index is 11.4. The van der Waals surface area contributed by atoms with Gasteiger partial charge in [-0.3, -0.25) is 9.59 Å². The maximum Gasteiger partial charge on any atom is 0.308 e. The van der Waals surface area contributed by atoms with Gasteiger partial charge in [0, 0.05) is 25.9 Å². The molecule has 1 aromatic rings. The molecular weight excluding hydrogens is 230 g/mol. The molecule has 1 fully saturated rings. The molecule has 96 valence electrons. The van der Waals surface area contributed by atoms with E-state index in [1.165, 1.54) is 6.92 Å². The fraction of sp³-hybridized carbons (Fsp3) is 0.429. The number of carbonyl (C=O) groups excluding carboxylic acids is 1. The Kier molecular flexibility index (Phi) is 3.36. The lowest BCUT2D eigenvalue weighted by Crippen LogP contribution is -2.27. The second-order valence-electron chi connectivity index (χ2n) is 4.89. The Hall–Kier alpha value is -1.84. The van der Waals surface area contributed by atoms with Crippen LogP contribution in [0.5, 0.6) is 0 Å². The Labute approximate surface area is 106 Å². The average molecular weight is 247 g/mol. The van der Waals surface area contributed by atoms with Crippen molar-refractivity contribution >= 4 is 11.9 Å². The third kappa shape index (κ3) is 2.37. The summed E-state index contributed by atoms with van der Waals surface area (Å²) in [6.07, 6.45) is 0. The van der Waals surface area contributed by atoms with Crippen LogP contribution in [0.2, 0.25) is 0 Å². The number of rotatable bonds is 2. The Bertz CT molecular complexity index is 466. The number of benzene rings is 1. The van der Waals surface area contributed by atoms with Crippen LogP contribution in [0, 0.1) is 12.8 Å². The Balaban J connectivity index is 2.27. The standard InChI is InChI=1S/C14H17NO3/c1-9-3-5-11(6-4-9)12-7-15(10(2)16)8-13(12)14(17)18/h3-6,12-13H,7-8H2,1-2H3,(H,17,18)/t12-,13+/m1/s1. The first-order valence-corrected chi connectivity index (χ1v) is 6.04. The van der Waals surface area contributed by atoms with E-state index < -0.39 is 11.9 Å². The molecule has 0 aliphatic carbocycles. The Morgan fingerprint density at radius 2 is 1.83 bits per heavy atom. The number of aryl methyl sites for hydroxylation is 1. The number of carbonyl (C=O) groups is 2. The molecule has 0 spiro atoms. The van der Waals surface area contributed by atoms with Gasteiger partial charge in [0.25, 0.3) is 0 Å². The Morgan fingerprint density at radius 1 is 1.22 bits per heavy atom. The van der Waals surface area contributed by atoms with Crippen molar-refractivity contribution in [2.75, 3.05) is 13.1 Å². The highest BCUT2D eigenvalue weighted by molar-refractivity contribution is 5.78. The smallest absolute Gasteiger partial charge is 0.308 e. The largest absolute Gasteiger partial charge is 0.481 e. The molecule has 0 saturated carbocycles. The second kappa shape index (κ2) is 4.80. The van der Waals surface area contributed by atoms with Crippen LogP contribution in [0.25, 0.3) is 0 Å². The third-order valence-corrected chi connectivity index (χ3v) is 3.59. The van der Waals surface area contributed by atoms with Crippen molar-refractivity contribution in [3.8, 4) is 0 Å². The number of carboxylic acid groups (broad SMARTS) is 1. The molecule has 4 nitrogen and oxygen atoms in total. The summed E-state index contributed by atoms with van der Waals surface area (Å²) in [7, 11) is 0. The van der Waals surface area contributed by atoms with Crippen molar-refractivity contribution in [3.63, 3.8) is 0 Å². The van der Waals surface area contributed by atoms with E-state index in [1.54, 1.807) is 4.90 Å². The van der Waals surface area contributed by atoms with E-state index in [0.29, 0.717) is 13.1 Å². The second-order valence-corrected chi connectivity index (χ2v) is 4.89. The van der Waals surface area contributed by atoms with E-state index in [4.69, 9.17) is 0 Å². The predicted octanol–water partition coefficient (Wildman–Crippen LogP) is 1.64. The molecule has 2 rings (SSSR count). The summed E-state index contributed by atoms with van der Waals surface area (Å²) < 4.78 is 0.